The largest absolute Gasteiger partial charge is 0.478 e. The molecule has 0 aliphatic carbocycles. The lowest BCUT2D eigenvalue weighted by molar-refractivity contribution is 0.394. The highest BCUT2D eigenvalue weighted by molar-refractivity contribution is 5.62. The van der Waals surface area contributed by atoms with Gasteiger partial charge in [0.25, 0.3) is 5.88 Å². The van der Waals surface area contributed by atoms with Crippen LogP contribution in [0.3, 0.4) is 0 Å². The van der Waals surface area contributed by atoms with Gasteiger partial charge in [-0.05, 0) is 18.6 Å². The first-order chi connectivity index (χ1) is 5.65. The third-order valence-corrected chi connectivity index (χ3v) is 1.42. The maximum absolute atomic E-state index is 5.60. The number of nitrogens with two attached hydrogens (primary N) is 1. The van der Waals surface area contributed by atoms with E-state index >= 15 is 0 Å². The van der Waals surface area contributed by atoms with E-state index < -0.39 is 0 Å². The summed E-state index contributed by atoms with van der Waals surface area (Å²) in [5.41, 5.74) is 7.60. The Bertz CT molecular complexity index is 309. The molecule has 1 heterocycles. The molecule has 0 saturated heterocycles. The van der Waals surface area contributed by atoms with Crippen LogP contribution < -0.4 is 10.5 Å². The zero-order valence-corrected chi connectivity index (χ0v) is 7.16. The molecule has 64 valence electrons. The second-order valence-electron chi connectivity index (χ2n) is 2.47. The van der Waals surface area contributed by atoms with Crippen molar-refractivity contribution in [2.45, 2.75) is 6.92 Å². The van der Waals surface area contributed by atoms with Crippen LogP contribution >= 0.6 is 0 Å². The fourth-order valence-corrected chi connectivity index (χ4v) is 0.762. The first-order valence-corrected chi connectivity index (χ1v) is 3.48. The molecule has 0 unspecified atom stereocenters. The monoisotopic (exact) mass is 165 g/mol. The molecule has 0 bridgehead atoms. The number of hydrogen-bond acceptors (Lipinski definition) is 4. The third kappa shape index (κ3) is 1.53. The van der Waals surface area contributed by atoms with Crippen molar-refractivity contribution in [1.82, 2.24) is 10.2 Å². The van der Waals surface area contributed by atoms with Crippen molar-refractivity contribution in [3.8, 4) is 5.88 Å². The molecule has 0 aliphatic rings. The first-order valence-electron chi connectivity index (χ1n) is 3.48. The van der Waals surface area contributed by atoms with Gasteiger partial charge in [-0.3, -0.25) is 0 Å². The van der Waals surface area contributed by atoms with Gasteiger partial charge in [0.2, 0.25) is 0 Å². The number of ether oxygens (including phenoxy) is 1. The van der Waals surface area contributed by atoms with Crippen molar-refractivity contribution in [2.75, 3.05) is 12.8 Å². The molecule has 0 atom stereocenters. The summed E-state index contributed by atoms with van der Waals surface area (Å²) in [7, 11) is 1.50. The van der Waals surface area contributed by atoms with Crippen molar-refractivity contribution >= 4 is 11.3 Å². The Kier molecular flexibility index (Phi) is 2.28. The molecule has 0 aromatic carbocycles. The molecule has 0 amide bonds. The Labute approximate surface area is 71.1 Å². The maximum atomic E-state index is 5.60. The van der Waals surface area contributed by atoms with Gasteiger partial charge in [-0.1, -0.05) is 6.58 Å². The lowest BCUT2D eigenvalue weighted by Crippen LogP contribution is -1.99. The number of methoxy groups -OCH3 is 1. The molecule has 1 rings (SSSR count). The molecule has 0 radical (unpaired) electrons. The van der Waals surface area contributed by atoms with E-state index in [0.717, 1.165) is 5.57 Å². The van der Waals surface area contributed by atoms with Crippen LogP contribution in [0.2, 0.25) is 0 Å². The van der Waals surface area contributed by atoms with Gasteiger partial charge in [0.1, 0.15) is 0 Å². The lowest BCUT2D eigenvalue weighted by Gasteiger charge is -2.03. The van der Waals surface area contributed by atoms with Crippen molar-refractivity contribution in [3.05, 3.63) is 18.3 Å². The Hall–Kier alpha value is -1.58. The van der Waals surface area contributed by atoms with Gasteiger partial charge in [-0.15, -0.1) is 10.2 Å². The van der Waals surface area contributed by atoms with Crippen molar-refractivity contribution < 1.29 is 4.74 Å². The molecular weight excluding hydrogens is 154 g/mol. The highest BCUT2D eigenvalue weighted by atomic mass is 16.5. The molecule has 0 spiro atoms. The summed E-state index contributed by atoms with van der Waals surface area (Å²) < 4.78 is 4.85. The van der Waals surface area contributed by atoms with Crippen molar-refractivity contribution in [1.29, 1.82) is 0 Å². The van der Waals surface area contributed by atoms with E-state index in [1.807, 2.05) is 6.92 Å². The molecule has 0 aliphatic heterocycles. The summed E-state index contributed by atoms with van der Waals surface area (Å²) in [6.07, 6.45) is 0. The van der Waals surface area contributed by atoms with Crippen LogP contribution in [-0.2, 0) is 0 Å². The number of aromatic nitrogens is 2. The van der Waals surface area contributed by atoms with Crippen molar-refractivity contribution in [2.24, 2.45) is 0 Å². The quantitative estimate of drug-likeness (QED) is 0.712. The first kappa shape index (κ1) is 8.52. The van der Waals surface area contributed by atoms with Gasteiger partial charge in [-0.2, -0.15) is 0 Å². The number of rotatable bonds is 2. The number of nitrogens with zero attached hydrogens (tertiary/aromatic N) is 2. The van der Waals surface area contributed by atoms with E-state index in [-0.39, 0.29) is 0 Å². The summed E-state index contributed by atoms with van der Waals surface area (Å²) in [5.74, 6) is 0.347. The normalized spacial score (nSPS) is 9.50. The second-order valence-corrected chi connectivity index (χ2v) is 2.47. The van der Waals surface area contributed by atoms with E-state index in [4.69, 9.17) is 10.5 Å². The second kappa shape index (κ2) is 3.21. The van der Waals surface area contributed by atoms with Gasteiger partial charge in [-0.25, -0.2) is 0 Å². The van der Waals surface area contributed by atoms with Crippen LogP contribution in [0.5, 0.6) is 5.88 Å². The van der Waals surface area contributed by atoms with Crippen molar-refractivity contribution in [3.63, 3.8) is 0 Å². The van der Waals surface area contributed by atoms with Gasteiger partial charge >= 0.3 is 0 Å². The van der Waals surface area contributed by atoms with Crippen LogP contribution in [0.1, 0.15) is 12.6 Å². The number of nitrogen functional groups attached to an aromatic ring is 1. The molecule has 2 N–H and O–H groups in total. The molecular formula is C8H11N3O. The van der Waals surface area contributed by atoms with E-state index in [9.17, 15) is 0 Å². The van der Waals surface area contributed by atoms with Crippen LogP contribution in [0, 0.1) is 0 Å². The van der Waals surface area contributed by atoms with E-state index in [2.05, 4.69) is 16.8 Å². The smallest absolute Gasteiger partial charge is 0.256 e. The highest BCUT2D eigenvalue weighted by Crippen LogP contribution is 2.19. The Morgan fingerprint density at radius 2 is 2.25 bits per heavy atom. The summed E-state index contributed by atoms with van der Waals surface area (Å²) >= 11 is 0. The molecule has 0 saturated carbocycles. The number of allylic oxidation sites excluding steroid dienone is 1. The fourth-order valence-electron chi connectivity index (χ4n) is 0.762. The number of anilines is 1. The highest BCUT2D eigenvalue weighted by Gasteiger charge is 2.03. The third-order valence-electron chi connectivity index (χ3n) is 1.42. The summed E-state index contributed by atoms with van der Waals surface area (Å²) in [6, 6.07) is 1.69. The molecule has 1 aromatic heterocycles. The standard InChI is InChI=1S/C8H11N3O/c1-5(2)7-4-6(9)8(12-3)11-10-7/h4H,1H2,2-3H3,(H2,9,10). The van der Waals surface area contributed by atoms with Gasteiger partial charge in [0.05, 0.1) is 18.5 Å². The molecule has 4 heteroatoms. The fraction of sp³-hybridized carbons (Fsp3) is 0.250. The van der Waals surface area contributed by atoms with Gasteiger partial charge in [0.15, 0.2) is 0 Å². The number of hydrogen-bond donors (Lipinski definition) is 1. The summed E-state index contributed by atoms with van der Waals surface area (Å²) in [6.45, 7) is 5.57. The van der Waals surface area contributed by atoms with Crippen LogP contribution in [-0.4, -0.2) is 17.3 Å². The molecule has 12 heavy (non-hydrogen) atoms. The van der Waals surface area contributed by atoms with Crippen LogP contribution in [0.25, 0.3) is 5.57 Å². The minimum Gasteiger partial charge on any atom is -0.478 e. The Morgan fingerprint density at radius 3 is 2.67 bits per heavy atom. The van der Waals surface area contributed by atoms with E-state index in [1.54, 1.807) is 6.07 Å². The van der Waals surface area contributed by atoms with E-state index in [1.165, 1.54) is 7.11 Å². The zero-order valence-electron chi connectivity index (χ0n) is 7.16. The predicted molar refractivity (Wildman–Crippen MR) is 47.7 cm³/mol. The van der Waals surface area contributed by atoms with E-state index in [0.29, 0.717) is 17.3 Å². The minimum atomic E-state index is 0.347. The van der Waals surface area contributed by atoms with Gasteiger partial charge in [0, 0.05) is 0 Å². The summed E-state index contributed by atoms with van der Waals surface area (Å²) in [5, 5.41) is 7.62. The Balaban J connectivity index is 3.10. The SMILES string of the molecule is C=C(C)c1cc(N)c(OC)nn1. The molecule has 4 nitrogen and oxygen atoms in total. The zero-order chi connectivity index (χ0) is 9.14. The van der Waals surface area contributed by atoms with Crippen LogP contribution in [0.15, 0.2) is 12.6 Å². The molecule has 1 aromatic rings. The minimum absolute atomic E-state index is 0.347. The topological polar surface area (TPSA) is 61.0 Å². The molecule has 0 fully saturated rings. The maximum Gasteiger partial charge on any atom is 0.256 e. The summed E-state index contributed by atoms with van der Waals surface area (Å²) in [4.78, 5) is 0. The van der Waals surface area contributed by atoms with Crippen LogP contribution in [0.4, 0.5) is 5.69 Å². The average Bonchev–Trinajstić information content (AvgIpc) is 2.04. The van der Waals surface area contributed by atoms with Gasteiger partial charge < -0.3 is 10.5 Å². The average molecular weight is 165 g/mol. The Morgan fingerprint density at radius 1 is 1.58 bits per heavy atom. The predicted octanol–water partition coefficient (Wildman–Crippen LogP) is 1.10. The lowest BCUT2D eigenvalue weighted by atomic mass is 10.2.